The highest BCUT2D eigenvalue weighted by Gasteiger charge is 2.14. The van der Waals surface area contributed by atoms with Gasteiger partial charge in [0.2, 0.25) is 0 Å². The van der Waals surface area contributed by atoms with Gasteiger partial charge in [0.15, 0.2) is 5.11 Å². The smallest absolute Gasteiger partial charge is 0.171 e. The summed E-state index contributed by atoms with van der Waals surface area (Å²) < 4.78 is 1.19. The molecule has 2 rings (SSSR count). The van der Waals surface area contributed by atoms with E-state index in [4.69, 9.17) is 12.2 Å². The predicted octanol–water partition coefficient (Wildman–Crippen LogP) is 3.91. The van der Waals surface area contributed by atoms with E-state index in [1.807, 2.05) is 12.1 Å². The van der Waals surface area contributed by atoms with E-state index >= 15 is 0 Å². The van der Waals surface area contributed by atoms with E-state index in [1.54, 1.807) is 0 Å². The van der Waals surface area contributed by atoms with Gasteiger partial charge in [0, 0.05) is 9.61 Å². The van der Waals surface area contributed by atoms with Crippen LogP contribution in [0.5, 0.6) is 0 Å². The number of nitrogens with one attached hydrogen (secondary N) is 2. The standard InChI is InChI=1S/C13H17IN2S/c14-11-8-4-5-9-12(11)16-13(17)15-10-6-2-1-3-7-10/h4-5,8-10H,1-3,6-7H2,(H2,15,16,17). The highest BCUT2D eigenvalue weighted by molar-refractivity contribution is 14.1. The summed E-state index contributed by atoms with van der Waals surface area (Å²) in [5.41, 5.74) is 1.08. The van der Waals surface area contributed by atoms with Crippen LogP contribution >= 0.6 is 34.8 Å². The zero-order valence-electron chi connectivity index (χ0n) is 9.71. The van der Waals surface area contributed by atoms with Crippen molar-refractivity contribution in [2.24, 2.45) is 0 Å². The molecule has 0 unspecified atom stereocenters. The summed E-state index contributed by atoms with van der Waals surface area (Å²) in [6.07, 6.45) is 6.50. The molecular weight excluding hydrogens is 343 g/mol. The molecule has 1 aliphatic carbocycles. The summed E-state index contributed by atoms with van der Waals surface area (Å²) in [6.45, 7) is 0. The molecule has 0 heterocycles. The Balaban J connectivity index is 1.86. The number of thiocarbonyl (C=S) groups is 1. The first kappa shape index (κ1) is 13.1. The van der Waals surface area contributed by atoms with Crippen LogP contribution in [-0.2, 0) is 0 Å². The highest BCUT2D eigenvalue weighted by Crippen LogP contribution is 2.19. The number of halogens is 1. The fourth-order valence-electron chi connectivity index (χ4n) is 2.15. The Labute approximate surface area is 122 Å². The van der Waals surface area contributed by atoms with Crippen LogP contribution in [-0.4, -0.2) is 11.2 Å². The van der Waals surface area contributed by atoms with E-state index < -0.39 is 0 Å². The zero-order valence-corrected chi connectivity index (χ0v) is 12.7. The van der Waals surface area contributed by atoms with Crippen molar-refractivity contribution in [3.63, 3.8) is 0 Å². The molecule has 0 saturated heterocycles. The van der Waals surface area contributed by atoms with Crippen LogP contribution in [0.4, 0.5) is 5.69 Å². The Bertz CT molecular complexity index is 389. The quantitative estimate of drug-likeness (QED) is 0.618. The second kappa shape index (κ2) is 6.54. The predicted molar refractivity (Wildman–Crippen MR) is 85.4 cm³/mol. The van der Waals surface area contributed by atoms with Crippen LogP contribution in [0, 0.1) is 3.57 Å². The second-order valence-corrected chi connectivity index (χ2v) is 5.98. The molecule has 0 aromatic heterocycles. The van der Waals surface area contributed by atoms with E-state index in [9.17, 15) is 0 Å². The van der Waals surface area contributed by atoms with Crippen molar-refractivity contribution in [2.75, 3.05) is 5.32 Å². The minimum absolute atomic E-state index is 0.560. The molecule has 0 atom stereocenters. The third kappa shape index (κ3) is 4.10. The first-order chi connectivity index (χ1) is 8.25. The van der Waals surface area contributed by atoms with Crippen LogP contribution in [0.3, 0.4) is 0 Å². The summed E-state index contributed by atoms with van der Waals surface area (Å²) in [5.74, 6) is 0. The van der Waals surface area contributed by atoms with Crippen molar-refractivity contribution in [1.82, 2.24) is 5.32 Å². The molecule has 0 radical (unpaired) electrons. The maximum atomic E-state index is 5.35. The maximum absolute atomic E-state index is 5.35. The average molecular weight is 360 g/mol. The van der Waals surface area contributed by atoms with Gasteiger partial charge in [-0.2, -0.15) is 0 Å². The molecule has 0 bridgehead atoms. The third-order valence-electron chi connectivity index (χ3n) is 3.06. The average Bonchev–Trinajstić information content (AvgIpc) is 2.33. The first-order valence-electron chi connectivity index (χ1n) is 6.08. The van der Waals surface area contributed by atoms with Gasteiger partial charge < -0.3 is 10.6 Å². The van der Waals surface area contributed by atoms with Crippen LogP contribution in [0.1, 0.15) is 32.1 Å². The Hall–Kier alpha value is -0.360. The molecule has 1 saturated carbocycles. The summed E-state index contributed by atoms with van der Waals surface area (Å²) in [7, 11) is 0. The van der Waals surface area contributed by atoms with Crippen molar-refractivity contribution in [2.45, 2.75) is 38.1 Å². The Kier molecular flexibility index (Phi) is 5.03. The lowest BCUT2D eigenvalue weighted by Gasteiger charge is -2.24. The molecule has 1 aromatic carbocycles. The van der Waals surface area contributed by atoms with Crippen LogP contribution in [0.25, 0.3) is 0 Å². The van der Waals surface area contributed by atoms with Gasteiger partial charge in [-0.1, -0.05) is 31.4 Å². The van der Waals surface area contributed by atoms with E-state index in [0.717, 1.165) is 10.8 Å². The summed E-state index contributed by atoms with van der Waals surface area (Å²) in [6, 6.07) is 8.74. The lowest BCUT2D eigenvalue weighted by molar-refractivity contribution is 0.415. The van der Waals surface area contributed by atoms with Gasteiger partial charge in [-0.15, -0.1) is 0 Å². The van der Waals surface area contributed by atoms with Gasteiger partial charge >= 0.3 is 0 Å². The molecule has 92 valence electrons. The minimum Gasteiger partial charge on any atom is -0.360 e. The lowest BCUT2D eigenvalue weighted by atomic mass is 9.96. The monoisotopic (exact) mass is 360 g/mol. The van der Waals surface area contributed by atoms with E-state index in [1.165, 1.54) is 35.7 Å². The summed E-state index contributed by atoms with van der Waals surface area (Å²) >= 11 is 7.67. The molecule has 1 aromatic rings. The van der Waals surface area contributed by atoms with Crippen molar-refractivity contribution < 1.29 is 0 Å². The van der Waals surface area contributed by atoms with E-state index in [0.29, 0.717) is 6.04 Å². The molecule has 2 nitrogen and oxygen atoms in total. The van der Waals surface area contributed by atoms with Gasteiger partial charge in [0.05, 0.1) is 5.69 Å². The van der Waals surface area contributed by atoms with Crippen molar-refractivity contribution in [1.29, 1.82) is 0 Å². The molecule has 2 N–H and O–H groups in total. The number of para-hydroxylation sites is 1. The van der Waals surface area contributed by atoms with Gasteiger partial charge in [-0.25, -0.2) is 0 Å². The third-order valence-corrected chi connectivity index (χ3v) is 4.22. The first-order valence-corrected chi connectivity index (χ1v) is 7.56. The molecule has 1 aliphatic rings. The van der Waals surface area contributed by atoms with Crippen LogP contribution in [0.15, 0.2) is 24.3 Å². The zero-order chi connectivity index (χ0) is 12.1. The fraction of sp³-hybridized carbons (Fsp3) is 0.462. The molecule has 0 spiro atoms. The van der Waals surface area contributed by atoms with Crippen LogP contribution in [0.2, 0.25) is 0 Å². The topological polar surface area (TPSA) is 24.1 Å². The van der Waals surface area contributed by atoms with Crippen LogP contribution < -0.4 is 10.6 Å². The molecular formula is C13H17IN2S. The second-order valence-electron chi connectivity index (χ2n) is 4.41. The minimum atomic E-state index is 0.560. The Morgan fingerprint density at radius 1 is 1.18 bits per heavy atom. The SMILES string of the molecule is S=C(Nc1ccccc1I)NC1CCCCC1. The molecule has 4 heteroatoms. The van der Waals surface area contributed by atoms with Gasteiger partial charge in [0.1, 0.15) is 0 Å². The van der Waals surface area contributed by atoms with Gasteiger partial charge in [0.25, 0.3) is 0 Å². The van der Waals surface area contributed by atoms with E-state index in [-0.39, 0.29) is 0 Å². The molecule has 0 amide bonds. The van der Waals surface area contributed by atoms with Crippen molar-refractivity contribution in [3.8, 4) is 0 Å². The number of benzene rings is 1. The lowest BCUT2D eigenvalue weighted by Crippen LogP contribution is -2.38. The van der Waals surface area contributed by atoms with Crippen molar-refractivity contribution >= 4 is 45.6 Å². The molecule has 0 aliphatic heterocycles. The van der Waals surface area contributed by atoms with Gasteiger partial charge in [-0.3, -0.25) is 0 Å². The largest absolute Gasteiger partial charge is 0.360 e. The Morgan fingerprint density at radius 2 is 1.88 bits per heavy atom. The number of hydrogen-bond acceptors (Lipinski definition) is 1. The molecule has 17 heavy (non-hydrogen) atoms. The summed E-state index contributed by atoms with van der Waals surface area (Å²) in [5, 5.41) is 7.43. The highest BCUT2D eigenvalue weighted by atomic mass is 127. The fourth-order valence-corrected chi connectivity index (χ4v) is 2.95. The maximum Gasteiger partial charge on any atom is 0.171 e. The van der Waals surface area contributed by atoms with Gasteiger partial charge in [-0.05, 0) is 59.8 Å². The molecule has 1 fully saturated rings. The number of anilines is 1. The summed E-state index contributed by atoms with van der Waals surface area (Å²) in [4.78, 5) is 0. The normalized spacial score (nSPS) is 16.5. The Morgan fingerprint density at radius 3 is 2.59 bits per heavy atom. The number of hydrogen-bond donors (Lipinski definition) is 2. The van der Waals surface area contributed by atoms with Crippen molar-refractivity contribution in [3.05, 3.63) is 27.8 Å². The number of rotatable bonds is 2. The van der Waals surface area contributed by atoms with E-state index in [2.05, 4.69) is 45.4 Å².